The van der Waals surface area contributed by atoms with Crippen LogP contribution in [0.4, 0.5) is 0 Å². The number of rotatable bonds is 1. The first-order chi connectivity index (χ1) is 10.9. The fourth-order valence-corrected chi connectivity index (χ4v) is 9.66. The highest BCUT2D eigenvalue weighted by atomic mass is 32.2. The first-order valence-corrected chi connectivity index (χ1v) is 10.6. The van der Waals surface area contributed by atoms with Crippen LogP contribution in [0.2, 0.25) is 0 Å². The highest BCUT2D eigenvalue weighted by molar-refractivity contribution is 8.18. The standard InChI is InChI=1S/C18H27N3S2/c1-17(2,3)18(11-7-5-4-6-8-11)13(10-20)23-16-14(18)15(21)12(9-19)22-16/h11-16H,4-8,21H2,1-3H3. The second kappa shape index (κ2) is 6.17. The van der Waals surface area contributed by atoms with E-state index in [0.717, 1.165) is 0 Å². The van der Waals surface area contributed by atoms with Crippen molar-refractivity contribution in [2.75, 3.05) is 0 Å². The summed E-state index contributed by atoms with van der Waals surface area (Å²) < 4.78 is 0.306. The minimum atomic E-state index is -0.123. The van der Waals surface area contributed by atoms with Gasteiger partial charge in [0.1, 0.15) is 5.25 Å². The van der Waals surface area contributed by atoms with Gasteiger partial charge in [-0.05, 0) is 24.2 Å². The van der Waals surface area contributed by atoms with Gasteiger partial charge >= 0.3 is 0 Å². The van der Waals surface area contributed by atoms with Crippen LogP contribution in [0.1, 0.15) is 52.9 Å². The zero-order valence-corrected chi connectivity index (χ0v) is 15.9. The lowest BCUT2D eigenvalue weighted by Crippen LogP contribution is -2.57. The van der Waals surface area contributed by atoms with E-state index in [1.165, 1.54) is 32.1 Å². The Balaban J connectivity index is 2.11. The highest BCUT2D eigenvalue weighted by Crippen LogP contribution is 2.71. The zero-order valence-electron chi connectivity index (χ0n) is 14.3. The van der Waals surface area contributed by atoms with E-state index in [9.17, 15) is 10.5 Å². The molecule has 126 valence electrons. The highest BCUT2D eigenvalue weighted by Gasteiger charge is 2.69. The minimum Gasteiger partial charge on any atom is -0.326 e. The van der Waals surface area contributed by atoms with Crippen LogP contribution < -0.4 is 5.73 Å². The number of hydrogen-bond donors (Lipinski definition) is 1. The summed E-state index contributed by atoms with van der Waals surface area (Å²) in [7, 11) is 0. The van der Waals surface area contributed by atoms with Crippen LogP contribution in [-0.2, 0) is 0 Å². The van der Waals surface area contributed by atoms with Gasteiger partial charge in [-0.1, -0.05) is 40.0 Å². The molecule has 6 atom stereocenters. The van der Waals surface area contributed by atoms with Crippen molar-refractivity contribution in [2.24, 2.45) is 28.4 Å². The Morgan fingerprint density at radius 2 is 1.70 bits per heavy atom. The summed E-state index contributed by atoms with van der Waals surface area (Å²) in [5, 5.41) is 19.3. The molecule has 1 aliphatic carbocycles. The first-order valence-electron chi connectivity index (χ1n) is 8.73. The lowest BCUT2D eigenvalue weighted by atomic mass is 9.49. The maximum absolute atomic E-state index is 9.97. The molecule has 2 N–H and O–H groups in total. The lowest BCUT2D eigenvalue weighted by Gasteiger charge is -2.54. The molecule has 5 heteroatoms. The third-order valence-corrected chi connectivity index (χ3v) is 9.69. The van der Waals surface area contributed by atoms with E-state index < -0.39 is 0 Å². The molecule has 0 aromatic rings. The van der Waals surface area contributed by atoms with Gasteiger partial charge in [-0.15, -0.1) is 23.5 Å². The van der Waals surface area contributed by atoms with E-state index in [-0.39, 0.29) is 33.3 Å². The van der Waals surface area contributed by atoms with Crippen molar-refractivity contribution in [1.29, 1.82) is 10.5 Å². The molecule has 2 heterocycles. The lowest BCUT2D eigenvalue weighted by molar-refractivity contribution is -0.0434. The molecule has 0 amide bonds. The molecule has 0 radical (unpaired) electrons. The fraction of sp³-hybridized carbons (Fsp3) is 0.889. The molecular formula is C18H27N3S2. The topological polar surface area (TPSA) is 73.6 Å². The van der Waals surface area contributed by atoms with Gasteiger partial charge in [0, 0.05) is 17.4 Å². The summed E-state index contributed by atoms with van der Waals surface area (Å²) in [5.74, 6) is 0.836. The van der Waals surface area contributed by atoms with Crippen LogP contribution in [0.15, 0.2) is 0 Å². The Hall–Kier alpha value is -0.360. The largest absolute Gasteiger partial charge is 0.326 e. The number of nitrogens with zero attached hydrogens (tertiary/aromatic N) is 2. The zero-order chi connectivity index (χ0) is 16.8. The third kappa shape index (κ3) is 2.43. The van der Waals surface area contributed by atoms with Crippen LogP contribution in [0.25, 0.3) is 0 Å². The average molecular weight is 350 g/mol. The molecule has 3 fully saturated rings. The Kier molecular flexibility index (Phi) is 4.69. The van der Waals surface area contributed by atoms with Crippen LogP contribution in [0, 0.1) is 45.3 Å². The number of hydrogen-bond acceptors (Lipinski definition) is 5. The van der Waals surface area contributed by atoms with Gasteiger partial charge in [0.2, 0.25) is 0 Å². The average Bonchev–Trinajstić information content (AvgIpc) is 3.02. The summed E-state index contributed by atoms with van der Waals surface area (Å²) >= 11 is 3.52. The van der Waals surface area contributed by atoms with E-state index in [2.05, 4.69) is 32.9 Å². The van der Waals surface area contributed by atoms with Crippen LogP contribution in [0.3, 0.4) is 0 Å². The Morgan fingerprint density at radius 1 is 1.04 bits per heavy atom. The molecule has 6 unspecified atom stereocenters. The molecule has 1 saturated carbocycles. The number of nitrogens with two attached hydrogens (primary N) is 1. The van der Waals surface area contributed by atoms with Crippen LogP contribution in [0.5, 0.6) is 0 Å². The van der Waals surface area contributed by atoms with E-state index in [4.69, 9.17) is 5.73 Å². The quantitative estimate of drug-likeness (QED) is 0.770. The maximum Gasteiger partial charge on any atom is 0.108 e. The monoisotopic (exact) mass is 349 g/mol. The van der Waals surface area contributed by atoms with Crippen LogP contribution in [-0.4, -0.2) is 21.1 Å². The van der Waals surface area contributed by atoms with Gasteiger partial charge in [0.05, 0.1) is 22.0 Å². The van der Waals surface area contributed by atoms with Crippen molar-refractivity contribution in [3.05, 3.63) is 0 Å². The Bertz CT molecular complexity index is 538. The molecule has 3 aliphatic rings. The van der Waals surface area contributed by atoms with Crippen molar-refractivity contribution < 1.29 is 0 Å². The van der Waals surface area contributed by atoms with Crippen molar-refractivity contribution in [1.82, 2.24) is 0 Å². The van der Waals surface area contributed by atoms with Crippen molar-refractivity contribution >= 4 is 23.5 Å². The summed E-state index contributed by atoms with van der Waals surface area (Å²) in [5.41, 5.74) is 6.55. The van der Waals surface area contributed by atoms with Crippen molar-refractivity contribution in [3.8, 4) is 12.1 Å². The molecule has 0 spiro atoms. The fourth-order valence-electron chi connectivity index (χ4n) is 5.60. The molecule has 3 rings (SSSR count). The number of nitriles is 2. The molecule has 2 saturated heterocycles. The normalized spacial score (nSPS) is 44.5. The molecule has 3 nitrogen and oxygen atoms in total. The smallest absolute Gasteiger partial charge is 0.108 e. The van der Waals surface area contributed by atoms with Gasteiger partial charge in [-0.25, -0.2) is 0 Å². The van der Waals surface area contributed by atoms with Crippen molar-refractivity contribution in [3.63, 3.8) is 0 Å². The van der Waals surface area contributed by atoms with E-state index in [1.807, 2.05) is 0 Å². The van der Waals surface area contributed by atoms with Gasteiger partial charge in [0.15, 0.2) is 0 Å². The summed E-state index contributed by atoms with van der Waals surface area (Å²) in [6, 6.07) is 4.95. The molecule has 0 aromatic heterocycles. The predicted octanol–water partition coefficient (Wildman–Crippen LogP) is 4.15. The third-order valence-electron chi connectivity index (χ3n) is 6.42. The molecule has 0 aromatic carbocycles. The van der Waals surface area contributed by atoms with Crippen LogP contribution >= 0.6 is 23.5 Å². The summed E-state index contributed by atoms with van der Waals surface area (Å²) in [6.07, 6.45) is 6.29. The Labute approximate surface area is 148 Å². The summed E-state index contributed by atoms with van der Waals surface area (Å²) in [6.45, 7) is 6.89. The molecular weight excluding hydrogens is 322 g/mol. The Morgan fingerprint density at radius 3 is 2.22 bits per heavy atom. The van der Waals surface area contributed by atoms with Gasteiger partial charge in [-0.3, -0.25) is 0 Å². The second-order valence-corrected chi connectivity index (χ2v) is 11.2. The second-order valence-electron chi connectivity index (χ2n) is 8.32. The molecule has 0 bridgehead atoms. The van der Waals surface area contributed by atoms with E-state index in [0.29, 0.717) is 10.5 Å². The molecule has 23 heavy (non-hydrogen) atoms. The maximum atomic E-state index is 9.97. The van der Waals surface area contributed by atoms with Crippen molar-refractivity contribution in [2.45, 2.75) is 74.0 Å². The number of fused-ring (bicyclic) bond motifs is 1. The number of thioether (sulfide) groups is 2. The molecule has 2 aliphatic heterocycles. The van der Waals surface area contributed by atoms with Gasteiger partial charge in [0.25, 0.3) is 0 Å². The predicted molar refractivity (Wildman–Crippen MR) is 97.7 cm³/mol. The SMILES string of the molecule is CC(C)(C)C1(C2CCCCC2)C(C#N)SC2SC(C#N)C(N)C21. The minimum absolute atomic E-state index is 0.00112. The van der Waals surface area contributed by atoms with Gasteiger partial charge < -0.3 is 5.73 Å². The van der Waals surface area contributed by atoms with Gasteiger partial charge in [-0.2, -0.15) is 10.5 Å². The van der Waals surface area contributed by atoms with E-state index in [1.54, 1.807) is 23.5 Å². The first kappa shape index (κ1) is 17.5. The summed E-state index contributed by atoms with van der Waals surface area (Å²) in [4.78, 5) is 0. The van der Waals surface area contributed by atoms with E-state index >= 15 is 0 Å².